The van der Waals surface area contributed by atoms with Gasteiger partial charge in [-0.2, -0.15) is 0 Å². The van der Waals surface area contributed by atoms with Gasteiger partial charge in [-0.05, 0) is 19.2 Å². The zero-order valence-electron chi connectivity index (χ0n) is 12.6. The predicted octanol–water partition coefficient (Wildman–Crippen LogP) is -0.405. The van der Waals surface area contributed by atoms with Gasteiger partial charge in [0.25, 0.3) is 0 Å². The molecule has 0 saturated carbocycles. The van der Waals surface area contributed by atoms with Crippen molar-refractivity contribution in [3.63, 3.8) is 0 Å². The third-order valence-electron chi connectivity index (χ3n) is 2.64. The number of likely N-dealkylation sites (N-methyl/N-ethyl adjacent to an activating group) is 1. The molecule has 1 aromatic rings. The molecule has 9 nitrogen and oxygen atoms in total. The molecule has 128 valence electrons. The lowest BCUT2D eigenvalue weighted by Gasteiger charge is -2.18. The Kier molecular flexibility index (Phi) is 9.12. The SMILES string of the molecule is CNCCc1ccccn1.O=C(O)CC(O)(CC(=O)O)C(=O)O. The summed E-state index contributed by atoms with van der Waals surface area (Å²) in [6, 6.07) is 5.98. The van der Waals surface area contributed by atoms with Crippen molar-refractivity contribution in [3.05, 3.63) is 30.1 Å². The van der Waals surface area contributed by atoms with Crippen molar-refractivity contribution in [1.29, 1.82) is 0 Å². The summed E-state index contributed by atoms with van der Waals surface area (Å²) in [6.07, 6.45) is 0.547. The first-order valence-corrected chi connectivity index (χ1v) is 6.65. The van der Waals surface area contributed by atoms with Crippen LogP contribution >= 0.6 is 0 Å². The van der Waals surface area contributed by atoms with E-state index in [0.717, 1.165) is 18.7 Å². The molecule has 23 heavy (non-hydrogen) atoms. The fourth-order valence-corrected chi connectivity index (χ4v) is 1.51. The maximum absolute atomic E-state index is 10.3. The van der Waals surface area contributed by atoms with E-state index in [4.69, 9.17) is 20.4 Å². The summed E-state index contributed by atoms with van der Waals surface area (Å²) < 4.78 is 0. The van der Waals surface area contributed by atoms with E-state index < -0.39 is 36.4 Å². The highest BCUT2D eigenvalue weighted by Gasteiger charge is 2.40. The highest BCUT2D eigenvalue weighted by atomic mass is 16.4. The van der Waals surface area contributed by atoms with Gasteiger partial charge in [0.1, 0.15) is 0 Å². The summed E-state index contributed by atoms with van der Waals surface area (Å²) in [5.74, 6) is -5.02. The minimum absolute atomic E-state index is 0.997. The van der Waals surface area contributed by atoms with E-state index in [1.807, 2.05) is 31.4 Å². The molecule has 0 atom stereocenters. The largest absolute Gasteiger partial charge is 0.481 e. The second-order valence-corrected chi connectivity index (χ2v) is 4.65. The fourth-order valence-electron chi connectivity index (χ4n) is 1.51. The van der Waals surface area contributed by atoms with Gasteiger partial charge in [-0.15, -0.1) is 0 Å². The summed E-state index contributed by atoms with van der Waals surface area (Å²) in [5, 5.41) is 36.9. The van der Waals surface area contributed by atoms with Gasteiger partial charge in [0, 0.05) is 24.9 Å². The first-order chi connectivity index (χ1) is 10.7. The molecular formula is C14H20N2O7. The fraction of sp³-hybridized carbons (Fsp3) is 0.429. The van der Waals surface area contributed by atoms with Crippen LogP contribution < -0.4 is 5.32 Å². The van der Waals surface area contributed by atoms with Crippen molar-refractivity contribution in [2.75, 3.05) is 13.6 Å². The van der Waals surface area contributed by atoms with Gasteiger partial charge < -0.3 is 25.7 Å². The molecular weight excluding hydrogens is 308 g/mol. The molecule has 0 aromatic carbocycles. The van der Waals surface area contributed by atoms with Crippen LogP contribution in [-0.2, 0) is 20.8 Å². The molecule has 1 rings (SSSR count). The Labute approximate surface area is 132 Å². The van der Waals surface area contributed by atoms with Crippen LogP contribution in [0.5, 0.6) is 0 Å². The van der Waals surface area contributed by atoms with Gasteiger partial charge in [-0.1, -0.05) is 6.07 Å². The van der Waals surface area contributed by atoms with Crippen molar-refractivity contribution in [1.82, 2.24) is 10.3 Å². The number of aromatic nitrogens is 1. The molecule has 0 aliphatic rings. The van der Waals surface area contributed by atoms with Gasteiger partial charge in [-0.3, -0.25) is 14.6 Å². The smallest absolute Gasteiger partial charge is 0.336 e. The lowest BCUT2D eigenvalue weighted by atomic mass is 9.96. The summed E-state index contributed by atoms with van der Waals surface area (Å²) >= 11 is 0. The Morgan fingerprint density at radius 2 is 1.70 bits per heavy atom. The van der Waals surface area contributed by atoms with Crippen LogP contribution in [0.4, 0.5) is 0 Å². The first kappa shape index (κ1) is 20.5. The standard InChI is InChI=1S/C8H12N2.C6H8O7/c1-9-7-5-8-4-2-3-6-10-8;7-3(8)1-6(13,5(11)12)2-4(9)10/h2-4,6,9H,5,7H2,1H3;13H,1-2H2,(H,7,8)(H,9,10)(H,11,12). The van der Waals surface area contributed by atoms with Crippen LogP contribution in [0.2, 0.25) is 0 Å². The Morgan fingerprint density at radius 1 is 1.13 bits per heavy atom. The molecule has 1 heterocycles. The number of nitrogens with zero attached hydrogens (tertiary/aromatic N) is 1. The van der Waals surface area contributed by atoms with Crippen LogP contribution in [0.1, 0.15) is 18.5 Å². The number of hydrogen-bond acceptors (Lipinski definition) is 6. The highest BCUT2D eigenvalue weighted by molar-refractivity contribution is 5.88. The third kappa shape index (κ3) is 9.17. The summed E-state index contributed by atoms with van der Waals surface area (Å²) in [7, 11) is 1.95. The van der Waals surface area contributed by atoms with E-state index in [9.17, 15) is 14.4 Å². The van der Waals surface area contributed by atoms with Crippen LogP contribution in [0, 0.1) is 0 Å². The molecule has 1 aromatic heterocycles. The number of carboxylic acids is 3. The average Bonchev–Trinajstić information content (AvgIpc) is 2.45. The molecule has 0 bridgehead atoms. The van der Waals surface area contributed by atoms with Gasteiger partial charge in [0.2, 0.25) is 0 Å². The molecule has 0 amide bonds. The van der Waals surface area contributed by atoms with Crippen LogP contribution in [0.25, 0.3) is 0 Å². The first-order valence-electron chi connectivity index (χ1n) is 6.65. The molecule has 0 unspecified atom stereocenters. The quantitative estimate of drug-likeness (QED) is 0.428. The maximum Gasteiger partial charge on any atom is 0.336 e. The number of nitrogens with one attached hydrogen (secondary N) is 1. The van der Waals surface area contributed by atoms with Crippen LogP contribution in [0.15, 0.2) is 24.4 Å². The van der Waals surface area contributed by atoms with E-state index in [-0.39, 0.29) is 0 Å². The minimum Gasteiger partial charge on any atom is -0.481 e. The van der Waals surface area contributed by atoms with E-state index in [1.165, 1.54) is 0 Å². The van der Waals surface area contributed by atoms with Gasteiger partial charge in [0.15, 0.2) is 5.60 Å². The van der Waals surface area contributed by atoms with Crippen LogP contribution in [-0.4, -0.2) is 62.5 Å². The molecule has 0 aliphatic heterocycles. The Bertz CT molecular complexity index is 503. The number of pyridine rings is 1. The van der Waals surface area contributed by atoms with E-state index in [2.05, 4.69) is 10.3 Å². The van der Waals surface area contributed by atoms with Gasteiger partial charge in [-0.25, -0.2) is 4.79 Å². The number of rotatable bonds is 8. The monoisotopic (exact) mass is 328 g/mol. The lowest BCUT2D eigenvalue weighted by molar-refractivity contribution is -0.170. The van der Waals surface area contributed by atoms with Crippen molar-refractivity contribution in [2.45, 2.75) is 24.9 Å². The number of aliphatic hydroxyl groups is 1. The number of carbonyl (C=O) groups is 3. The second kappa shape index (κ2) is 10.2. The van der Waals surface area contributed by atoms with Gasteiger partial charge >= 0.3 is 17.9 Å². The van der Waals surface area contributed by atoms with Crippen LogP contribution in [0.3, 0.4) is 0 Å². The number of carboxylic acid groups (broad SMARTS) is 3. The molecule has 0 fully saturated rings. The lowest BCUT2D eigenvalue weighted by Crippen LogP contribution is -2.42. The zero-order valence-corrected chi connectivity index (χ0v) is 12.6. The van der Waals surface area contributed by atoms with E-state index >= 15 is 0 Å². The molecule has 9 heteroatoms. The molecule has 0 spiro atoms. The van der Waals surface area contributed by atoms with Crippen molar-refractivity contribution >= 4 is 17.9 Å². The topological polar surface area (TPSA) is 157 Å². The van der Waals surface area contributed by atoms with Crippen molar-refractivity contribution < 1.29 is 34.8 Å². The average molecular weight is 328 g/mol. The Balaban J connectivity index is 0.000000433. The van der Waals surface area contributed by atoms with Gasteiger partial charge in [0.05, 0.1) is 12.8 Å². The molecule has 0 aliphatic carbocycles. The third-order valence-corrected chi connectivity index (χ3v) is 2.64. The van der Waals surface area contributed by atoms with E-state index in [0.29, 0.717) is 0 Å². The second-order valence-electron chi connectivity index (χ2n) is 4.65. The zero-order chi connectivity index (χ0) is 17.9. The Hall–Kier alpha value is -2.52. The number of hydrogen-bond donors (Lipinski definition) is 5. The molecule has 5 N–H and O–H groups in total. The maximum atomic E-state index is 10.3. The normalized spacial score (nSPS) is 10.3. The highest BCUT2D eigenvalue weighted by Crippen LogP contribution is 2.15. The van der Waals surface area contributed by atoms with Crippen molar-refractivity contribution in [2.24, 2.45) is 0 Å². The summed E-state index contributed by atoms with van der Waals surface area (Å²) in [4.78, 5) is 34.7. The van der Waals surface area contributed by atoms with Crippen molar-refractivity contribution in [3.8, 4) is 0 Å². The minimum atomic E-state index is -2.74. The summed E-state index contributed by atoms with van der Waals surface area (Å²) in [6.45, 7) is 0.997. The predicted molar refractivity (Wildman–Crippen MR) is 79.0 cm³/mol. The Morgan fingerprint density at radius 3 is 2.04 bits per heavy atom. The number of aliphatic carboxylic acids is 3. The summed E-state index contributed by atoms with van der Waals surface area (Å²) in [5.41, 5.74) is -1.59. The molecule has 0 saturated heterocycles. The molecule has 0 radical (unpaired) electrons. The van der Waals surface area contributed by atoms with E-state index in [1.54, 1.807) is 0 Å².